The van der Waals surface area contributed by atoms with Gasteiger partial charge in [-0.3, -0.25) is 9.59 Å². The van der Waals surface area contributed by atoms with E-state index in [0.29, 0.717) is 40.7 Å². The molecule has 2 aromatic rings. The van der Waals surface area contributed by atoms with E-state index in [1.54, 1.807) is 54.5 Å². The normalized spacial score (nSPS) is 13.9. The number of amides is 2. The predicted octanol–water partition coefficient (Wildman–Crippen LogP) is 3.73. The van der Waals surface area contributed by atoms with Gasteiger partial charge >= 0.3 is 0 Å². The number of anilines is 2. The van der Waals surface area contributed by atoms with Gasteiger partial charge in [0.2, 0.25) is 5.91 Å². The van der Waals surface area contributed by atoms with Crippen LogP contribution in [0, 0.1) is 0 Å². The highest BCUT2D eigenvalue weighted by molar-refractivity contribution is 6.31. The van der Waals surface area contributed by atoms with E-state index in [-0.39, 0.29) is 11.8 Å². The molecule has 0 radical (unpaired) electrons. The number of methoxy groups -OCH3 is 1. The molecule has 1 fully saturated rings. The van der Waals surface area contributed by atoms with Crippen LogP contribution in [0.1, 0.15) is 23.2 Å². The second-order valence-corrected chi connectivity index (χ2v) is 5.93. The second kappa shape index (κ2) is 6.93. The lowest BCUT2D eigenvalue weighted by molar-refractivity contribution is -0.117. The van der Waals surface area contributed by atoms with E-state index in [4.69, 9.17) is 16.3 Å². The Morgan fingerprint density at radius 1 is 1.21 bits per heavy atom. The number of rotatable bonds is 4. The van der Waals surface area contributed by atoms with Crippen LogP contribution in [0.4, 0.5) is 11.4 Å². The molecule has 0 aliphatic carbocycles. The summed E-state index contributed by atoms with van der Waals surface area (Å²) in [5.74, 6) is 0.435. The Balaban J connectivity index is 1.87. The van der Waals surface area contributed by atoms with Crippen molar-refractivity contribution in [1.29, 1.82) is 0 Å². The van der Waals surface area contributed by atoms with Crippen LogP contribution in [0.15, 0.2) is 42.5 Å². The molecule has 0 unspecified atom stereocenters. The minimum atomic E-state index is -0.286. The van der Waals surface area contributed by atoms with Gasteiger partial charge in [0, 0.05) is 23.7 Å². The summed E-state index contributed by atoms with van der Waals surface area (Å²) in [6.45, 7) is 0.599. The molecule has 24 heavy (non-hydrogen) atoms. The zero-order chi connectivity index (χ0) is 17.1. The maximum Gasteiger partial charge on any atom is 0.257 e. The van der Waals surface area contributed by atoms with Gasteiger partial charge in [-0.25, -0.2) is 0 Å². The number of carbonyl (C=O) groups excluding carboxylic acids is 2. The van der Waals surface area contributed by atoms with Crippen molar-refractivity contribution in [2.24, 2.45) is 0 Å². The summed E-state index contributed by atoms with van der Waals surface area (Å²) < 4.78 is 5.10. The second-order valence-electron chi connectivity index (χ2n) is 5.49. The molecule has 2 amide bonds. The summed E-state index contributed by atoms with van der Waals surface area (Å²) in [4.78, 5) is 26.3. The average molecular weight is 345 g/mol. The van der Waals surface area contributed by atoms with Crippen LogP contribution < -0.4 is 15.0 Å². The minimum Gasteiger partial charge on any atom is -0.497 e. The molecule has 1 N–H and O–H groups in total. The first-order valence-corrected chi connectivity index (χ1v) is 8.01. The van der Waals surface area contributed by atoms with Crippen LogP contribution in [0.2, 0.25) is 5.02 Å². The van der Waals surface area contributed by atoms with Crippen molar-refractivity contribution >= 4 is 34.8 Å². The lowest BCUT2D eigenvalue weighted by Crippen LogP contribution is -2.27. The Hall–Kier alpha value is -2.53. The molecule has 1 saturated heterocycles. The first kappa shape index (κ1) is 16.3. The largest absolute Gasteiger partial charge is 0.497 e. The monoisotopic (exact) mass is 344 g/mol. The quantitative estimate of drug-likeness (QED) is 0.919. The zero-order valence-electron chi connectivity index (χ0n) is 13.2. The number of halogens is 1. The summed E-state index contributed by atoms with van der Waals surface area (Å²) in [7, 11) is 1.58. The maximum absolute atomic E-state index is 12.6. The van der Waals surface area contributed by atoms with Crippen molar-refractivity contribution in [3.63, 3.8) is 0 Å². The molecule has 0 atom stereocenters. The third kappa shape index (κ3) is 3.36. The fourth-order valence-electron chi connectivity index (χ4n) is 2.70. The Kier molecular flexibility index (Phi) is 4.71. The molecule has 6 heteroatoms. The van der Waals surface area contributed by atoms with Crippen molar-refractivity contribution in [3.8, 4) is 5.75 Å². The Morgan fingerprint density at radius 3 is 2.58 bits per heavy atom. The summed E-state index contributed by atoms with van der Waals surface area (Å²) in [5.41, 5.74) is 1.62. The fraction of sp³-hybridized carbons (Fsp3) is 0.222. The van der Waals surface area contributed by atoms with Crippen molar-refractivity contribution in [2.45, 2.75) is 12.8 Å². The maximum atomic E-state index is 12.6. The van der Waals surface area contributed by atoms with E-state index in [9.17, 15) is 9.59 Å². The summed E-state index contributed by atoms with van der Waals surface area (Å²) in [6.07, 6.45) is 1.27. The van der Waals surface area contributed by atoms with E-state index in [2.05, 4.69) is 5.32 Å². The molecule has 0 aromatic heterocycles. The highest BCUT2D eigenvalue weighted by atomic mass is 35.5. The molecule has 5 nitrogen and oxygen atoms in total. The molecule has 0 spiro atoms. The first-order valence-electron chi connectivity index (χ1n) is 7.64. The molecule has 3 rings (SSSR count). The molecule has 124 valence electrons. The van der Waals surface area contributed by atoms with E-state index < -0.39 is 0 Å². The standard InChI is InChI=1S/C18H17ClN2O3/c1-24-14-7-5-13(6-8-14)20-18(23)15-9-4-12(19)11-16(15)21-10-2-3-17(21)22/h4-9,11H,2-3,10H2,1H3,(H,20,23). The van der Waals surface area contributed by atoms with Gasteiger partial charge in [-0.2, -0.15) is 0 Å². The first-order chi connectivity index (χ1) is 11.6. The average Bonchev–Trinajstić information content (AvgIpc) is 3.01. The number of ether oxygens (including phenoxy) is 1. The number of benzene rings is 2. The number of nitrogens with zero attached hydrogens (tertiary/aromatic N) is 1. The van der Waals surface area contributed by atoms with Gasteiger partial charge in [0.25, 0.3) is 5.91 Å². The van der Waals surface area contributed by atoms with Crippen molar-refractivity contribution in [2.75, 3.05) is 23.9 Å². The Labute approximate surface area is 145 Å². The Morgan fingerprint density at radius 2 is 1.96 bits per heavy atom. The number of carbonyl (C=O) groups is 2. The molecule has 1 heterocycles. The zero-order valence-corrected chi connectivity index (χ0v) is 14.0. The van der Waals surface area contributed by atoms with Gasteiger partial charge < -0.3 is 15.0 Å². The number of hydrogen-bond acceptors (Lipinski definition) is 3. The smallest absolute Gasteiger partial charge is 0.257 e. The third-order valence-corrected chi connectivity index (χ3v) is 4.15. The van der Waals surface area contributed by atoms with Gasteiger partial charge in [-0.15, -0.1) is 0 Å². The summed E-state index contributed by atoms with van der Waals surface area (Å²) >= 11 is 6.06. The SMILES string of the molecule is COc1ccc(NC(=O)c2ccc(Cl)cc2N2CCCC2=O)cc1. The van der Waals surface area contributed by atoms with Crippen LogP contribution >= 0.6 is 11.6 Å². The van der Waals surface area contributed by atoms with Gasteiger partial charge in [-0.1, -0.05) is 11.6 Å². The Bertz CT molecular complexity index is 774. The van der Waals surface area contributed by atoms with Gasteiger partial charge in [0.1, 0.15) is 5.75 Å². The van der Waals surface area contributed by atoms with Crippen molar-refractivity contribution < 1.29 is 14.3 Å². The van der Waals surface area contributed by atoms with E-state index >= 15 is 0 Å². The lowest BCUT2D eigenvalue weighted by atomic mass is 10.1. The summed E-state index contributed by atoms with van der Waals surface area (Å²) in [5, 5.41) is 3.32. The summed E-state index contributed by atoms with van der Waals surface area (Å²) in [6, 6.07) is 12.0. The van der Waals surface area contributed by atoms with Crippen LogP contribution in [-0.2, 0) is 4.79 Å². The fourth-order valence-corrected chi connectivity index (χ4v) is 2.86. The van der Waals surface area contributed by atoms with E-state index in [1.807, 2.05) is 0 Å². The van der Waals surface area contributed by atoms with Gasteiger partial charge in [0.05, 0.1) is 18.4 Å². The number of nitrogens with one attached hydrogen (secondary N) is 1. The van der Waals surface area contributed by atoms with Crippen LogP contribution in [0.5, 0.6) is 5.75 Å². The lowest BCUT2D eigenvalue weighted by Gasteiger charge is -2.19. The van der Waals surface area contributed by atoms with Crippen LogP contribution in [0.3, 0.4) is 0 Å². The molecular weight excluding hydrogens is 328 g/mol. The molecular formula is C18H17ClN2O3. The minimum absolute atomic E-state index is 0.00997. The molecule has 1 aliphatic heterocycles. The van der Waals surface area contributed by atoms with E-state index in [0.717, 1.165) is 6.42 Å². The third-order valence-electron chi connectivity index (χ3n) is 3.92. The molecule has 0 bridgehead atoms. The van der Waals surface area contributed by atoms with Gasteiger partial charge in [0.15, 0.2) is 0 Å². The van der Waals surface area contributed by atoms with Crippen molar-refractivity contribution in [1.82, 2.24) is 0 Å². The van der Waals surface area contributed by atoms with Crippen molar-refractivity contribution in [3.05, 3.63) is 53.1 Å². The molecule has 1 aliphatic rings. The van der Waals surface area contributed by atoms with Crippen LogP contribution in [-0.4, -0.2) is 25.5 Å². The predicted molar refractivity (Wildman–Crippen MR) is 94.0 cm³/mol. The topological polar surface area (TPSA) is 58.6 Å². The number of hydrogen-bond donors (Lipinski definition) is 1. The van der Waals surface area contributed by atoms with Gasteiger partial charge in [-0.05, 0) is 48.9 Å². The highest BCUT2D eigenvalue weighted by Gasteiger charge is 2.26. The molecule has 2 aromatic carbocycles. The highest BCUT2D eigenvalue weighted by Crippen LogP contribution is 2.29. The van der Waals surface area contributed by atoms with Crippen LogP contribution in [0.25, 0.3) is 0 Å². The molecule has 0 saturated carbocycles. The van der Waals surface area contributed by atoms with E-state index in [1.165, 1.54) is 0 Å².